The van der Waals surface area contributed by atoms with Gasteiger partial charge >= 0.3 is 5.97 Å². The average molecular weight is 467 g/mol. The normalized spacial score (nSPS) is 17.0. The van der Waals surface area contributed by atoms with Crippen LogP contribution < -0.4 is 4.90 Å². The molecular formula is C24H22N2O4S2. The molecule has 0 bridgehead atoms. The summed E-state index contributed by atoms with van der Waals surface area (Å²) in [4.78, 5) is 41.1. The van der Waals surface area contributed by atoms with Crippen molar-refractivity contribution >= 4 is 57.8 Å². The first-order chi connectivity index (χ1) is 15.5. The van der Waals surface area contributed by atoms with Crippen LogP contribution in [0, 0.1) is 0 Å². The number of methoxy groups -OCH3 is 1. The Bertz CT molecular complexity index is 1110. The first kappa shape index (κ1) is 22.2. The Balaban J connectivity index is 1.41. The summed E-state index contributed by atoms with van der Waals surface area (Å²) in [6.07, 6.45) is 3.85. The molecule has 0 N–H and O–H groups in total. The number of aryl methyl sites for hydroxylation is 1. The maximum atomic E-state index is 12.9. The molecule has 2 aliphatic rings. The number of thioether (sulfide) groups is 1. The van der Waals surface area contributed by atoms with E-state index in [-0.39, 0.29) is 24.8 Å². The number of anilines is 1. The number of fused-ring (bicyclic) bond motifs is 1. The van der Waals surface area contributed by atoms with E-state index >= 15 is 0 Å². The minimum atomic E-state index is -0.413. The van der Waals surface area contributed by atoms with E-state index in [0.717, 1.165) is 24.1 Å². The summed E-state index contributed by atoms with van der Waals surface area (Å²) in [5, 5.41) is 0. The molecule has 164 valence electrons. The van der Waals surface area contributed by atoms with Crippen molar-refractivity contribution in [1.82, 2.24) is 4.90 Å². The molecule has 2 aromatic carbocycles. The second-order valence-corrected chi connectivity index (χ2v) is 9.15. The van der Waals surface area contributed by atoms with Crippen LogP contribution in [0.4, 0.5) is 5.69 Å². The van der Waals surface area contributed by atoms with Crippen LogP contribution in [0.25, 0.3) is 6.08 Å². The number of nitrogens with zero attached hydrogens (tertiary/aromatic N) is 2. The summed E-state index contributed by atoms with van der Waals surface area (Å²) in [6, 6.07) is 14.7. The molecule has 0 aromatic heterocycles. The second-order valence-electron chi connectivity index (χ2n) is 7.47. The first-order valence-electron chi connectivity index (χ1n) is 10.3. The Kier molecular flexibility index (Phi) is 6.72. The summed E-state index contributed by atoms with van der Waals surface area (Å²) >= 11 is 6.61. The number of carbonyl (C=O) groups is 3. The van der Waals surface area contributed by atoms with Crippen LogP contribution in [-0.4, -0.2) is 47.2 Å². The summed E-state index contributed by atoms with van der Waals surface area (Å²) in [7, 11) is 1.33. The molecule has 2 heterocycles. The Morgan fingerprint density at radius 3 is 2.66 bits per heavy atom. The number of ether oxygens (including phenoxy) is 1. The minimum absolute atomic E-state index is 0.00595. The predicted molar refractivity (Wildman–Crippen MR) is 129 cm³/mol. The number of carbonyl (C=O) groups excluding carboxylic acids is 3. The molecule has 0 spiro atoms. The molecule has 2 aromatic rings. The Hall–Kier alpha value is -2.97. The average Bonchev–Trinajstić information content (AvgIpc) is 3.09. The SMILES string of the molecule is COC(=O)c1ccc(/C=C2/SC(=S)N(CCC(=O)N3CCCc4ccccc43)C2=O)cc1. The highest BCUT2D eigenvalue weighted by atomic mass is 32.2. The van der Waals surface area contributed by atoms with Gasteiger partial charge in [0.05, 0.1) is 17.6 Å². The van der Waals surface area contributed by atoms with Gasteiger partial charge in [0.15, 0.2) is 0 Å². The molecule has 2 amide bonds. The van der Waals surface area contributed by atoms with Crippen LogP contribution in [0.3, 0.4) is 0 Å². The fraction of sp³-hybridized carbons (Fsp3) is 0.250. The van der Waals surface area contributed by atoms with Crippen LogP contribution in [0.2, 0.25) is 0 Å². The van der Waals surface area contributed by atoms with E-state index in [2.05, 4.69) is 6.07 Å². The smallest absolute Gasteiger partial charge is 0.337 e. The van der Waals surface area contributed by atoms with Crippen molar-refractivity contribution in [2.45, 2.75) is 19.3 Å². The zero-order valence-electron chi connectivity index (χ0n) is 17.6. The summed E-state index contributed by atoms with van der Waals surface area (Å²) < 4.78 is 5.14. The van der Waals surface area contributed by atoms with Crippen LogP contribution in [-0.2, 0) is 20.7 Å². The first-order valence-corrected chi connectivity index (χ1v) is 11.5. The van der Waals surface area contributed by atoms with Crippen molar-refractivity contribution in [3.8, 4) is 0 Å². The monoisotopic (exact) mass is 466 g/mol. The van der Waals surface area contributed by atoms with E-state index < -0.39 is 5.97 Å². The second kappa shape index (κ2) is 9.67. The van der Waals surface area contributed by atoms with Gasteiger partial charge in [0, 0.05) is 25.2 Å². The zero-order valence-corrected chi connectivity index (χ0v) is 19.2. The van der Waals surface area contributed by atoms with Gasteiger partial charge in [-0.3, -0.25) is 14.5 Å². The van der Waals surface area contributed by atoms with E-state index in [1.807, 2.05) is 23.1 Å². The van der Waals surface area contributed by atoms with Gasteiger partial charge in [0.25, 0.3) is 5.91 Å². The molecule has 1 saturated heterocycles. The van der Waals surface area contributed by atoms with E-state index in [1.54, 1.807) is 30.3 Å². The third-order valence-electron chi connectivity index (χ3n) is 5.46. The molecule has 8 heteroatoms. The molecule has 0 atom stereocenters. The van der Waals surface area contributed by atoms with Crippen LogP contribution >= 0.6 is 24.0 Å². The molecule has 4 rings (SSSR count). The number of amides is 2. The summed E-state index contributed by atoms with van der Waals surface area (Å²) in [5.41, 5.74) is 3.36. The van der Waals surface area contributed by atoms with Crippen LogP contribution in [0.1, 0.15) is 34.3 Å². The lowest BCUT2D eigenvalue weighted by atomic mass is 10.0. The standard InChI is InChI=1S/C24H22N2O4S2/c1-30-23(29)18-10-8-16(9-11-18)15-20-22(28)26(24(31)32-20)14-12-21(27)25-13-4-6-17-5-2-3-7-19(17)25/h2-3,5,7-11,15H,4,6,12-14H2,1H3/b20-15+. The Morgan fingerprint density at radius 2 is 1.91 bits per heavy atom. The number of hydrogen-bond donors (Lipinski definition) is 0. The van der Waals surface area contributed by atoms with Gasteiger partial charge in [0.1, 0.15) is 4.32 Å². The predicted octanol–water partition coefficient (Wildman–Crippen LogP) is 4.04. The third kappa shape index (κ3) is 4.61. The lowest BCUT2D eigenvalue weighted by molar-refractivity contribution is -0.123. The Labute approximate surface area is 196 Å². The molecule has 0 aliphatic carbocycles. The molecule has 6 nitrogen and oxygen atoms in total. The van der Waals surface area contributed by atoms with Gasteiger partial charge in [0.2, 0.25) is 5.91 Å². The number of rotatable bonds is 5. The highest BCUT2D eigenvalue weighted by Gasteiger charge is 2.33. The highest BCUT2D eigenvalue weighted by Crippen LogP contribution is 2.33. The molecule has 1 fully saturated rings. The van der Waals surface area contributed by atoms with Crippen molar-refractivity contribution in [1.29, 1.82) is 0 Å². The van der Waals surface area contributed by atoms with Crippen molar-refractivity contribution < 1.29 is 19.1 Å². The third-order valence-corrected chi connectivity index (χ3v) is 6.84. The van der Waals surface area contributed by atoms with Gasteiger partial charge < -0.3 is 9.64 Å². The van der Waals surface area contributed by atoms with Gasteiger partial charge in [-0.05, 0) is 48.2 Å². The van der Waals surface area contributed by atoms with E-state index in [0.29, 0.717) is 21.3 Å². The van der Waals surface area contributed by atoms with Gasteiger partial charge in [-0.1, -0.05) is 54.3 Å². The number of benzene rings is 2. The van der Waals surface area contributed by atoms with Crippen LogP contribution in [0.15, 0.2) is 53.4 Å². The van der Waals surface area contributed by atoms with E-state index in [9.17, 15) is 14.4 Å². The van der Waals surface area contributed by atoms with E-state index in [1.165, 1.54) is 29.3 Å². The lowest BCUT2D eigenvalue weighted by Crippen LogP contribution is -2.38. The molecule has 0 radical (unpaired) electrons. The van der Waals surface area contributed by atoms with Crippen LogP contribution in [0.5, 0.6) is 0 Å². The molecular weight excluding hydrogens is 444 g/mol. The number of para-hydroxylation sites is 1. The van der Waals surface area contributed by atoms with Crippen molar-refractivity contribution in [2.24, 2.45) is 0 Å². The fourth-order valence-corrected chi connectivity index (χ4v) is 5.12. The van der Waals surface area contributed by atoms with Gasteiger partial charge in [-0.25, -0.2) is 4.79 Å². The maximum Gasteiger partial charge on any atom is 0.337 e. The fourth-order valence-electron chi connectivity index (χ4n) is 3.81. The topological polar surface area (TPSA) is 66.9 Å². The summed E-state index contributed by atoms with van der Waals surface area (Å²) in [6.45, 7) is 0.941. The highest BCUT2D eigenvalue weighted by molar-refractivity contribution is 8.26. The number of esters is 1. The molecule has 0 unspecified atom stereocenters. The van der Waals surface area contributed by atoms with E-state index in [4.69, 9.17) is 17.0 Å². The minimum Gasteiger partial charge on any atom is -0.465 e. The van der Waals surface area contributed by atoms with Crippen molar-refractivity contribution in [3.05, 3.63) is 70.1 Å². The zero-order chi connectivity index (χ0) is 22.7. The largest absolute Gasteiger partial charge is 0.465 e. The number of hydrogen-bond acceptors (Lipinski definition) is 6. The van der Waals surface area contributed by atoms with Gasteiger partial charge in [-0.15, -0.1) is 0 Å². The Morgan fingerprint density at radius 1 is 1.16 bits per heavy atom. The maximum absolute atomic E-state index is 12.9. The summed E-state index contributed by atoms with van der Waals surface area (Å²) in [5.74, 6) is -0.624. The number of thiocarbonyl (C=S) groups is 1. The lowest BCUT2D eigenvalue weighted by Gasteiger charge is -2.30. The molecule has 0 saturated carbocycles. The molecule has 2 aliphatic heterocycles. The van der Waals surface area contributed by atoms with Gasteiger partial charge in [-0.2, -0.15) is 0 Å². The molecule has 32 heavy (non-hydrogen) atoms. The van der Waals surface area contributed by atoms with Crippen molar-refractivity contribution in [3.63, 3.8) is 0 Å². The quantitative estimate of drug-likeness (QED) is 0.376. The van der Waals surface area contributed by atoms with Crippen molar-refractivity contribution in [2.75, 3.05) is 25.1 Å².